The van der Waals surface area contributed by atoms with Crippen molar-refractivity contribution in [2.24, 2.45) is 5.10 Å². The Balaban J connectivity index is 1.35. The van der Waals surface area contributed by atoms with Gasteiger partial charge in [0, 0.05) is 11.4 Å². The molecule has 1 saturated heterocycles. The maximum absolute atomic E-state index is 12.1. The molecule has 3 rings (SSSR count). The van der Waals surface area contributed by atoms with Gasteiger partial charge in [0.15, 0.2) is 0 Å². The average molecular weight is 358 g/mol. The zero-order valence-electron chi connectivity index (χ0n) is 15.9. The summed E-state index contributed by atoms with van der Waals surface area (Å²) in [7, 11) is 0. The van der Waals surface area contributed by atoms with Crippen LogP contribution in [0, 0.1) is 0 Å². The van der Waals surface area contributed by atoms with Crippen molar-refractivity contribution >= 4 is 17.3 Å². The summed E-state index contributed by atoms with van der Waals surface area (Å²) < 4.78 is 0. The number of hydrogen-bond donors (Lipinski definition) is 2. The van der Waals surface area contributed by atoms with Gasteiger partial charge < -0.3 is 9.80 Å². The summed E-state index contributed by atoms with van der Waals surface area (Å²) in [6.45, 7) is 5.21. The van der Waals surface area contributed by atoms with Gasteiger partial charge in [-0.05, 0) is 37.8 Å². The predicted octanol–water partition coefficient (Wildman–Crippen LogP) is 2.00. The minimum atomic E-state index is 0.0672. The fourth-order valence-electron chi connectivity index (χ4n) is 3.88. The summed E-state index contributed by atoms with van der Waals surface area (Å²) >= 11 is 0. The molecule has 0 aromatic heterocycles. The molecule has 5 nitrogen and oxygen atoms in total. The smallest absolute Gasteiger partial charge is 0.245 e. The Morgan fingerprint density at radius 1 is 1.00 bits per heavy atom. The summed E-state index contributed by atoms with van der Waals surface area (Å²) in [5.41, 5.74) is 5.29. The molecule has 1 aromatic rings. The first-order chi connectivity index (χ1) is 12.8. The van der Waals surface area contributed by atoms with Gasteiger partial charge >= 0.3 is 0 Å². The molecule has 1 saturated carbocycles. The standard InChI is InChI=1S/C21H32N4O/c26-21(23-22-19-9-5-2-1-3-6-10-19)13-14-24-15-17-25(18-16-24)20-11-7-4-8-12-20/h4,7-8,11-12H,1-3,5-6,9-10,13-18H2,(H,23,26)/p+1. The number of hydrazone groups is 1. The summed E-state index contributed by atoms with van der Waals surface area (Å²) in [6.07, 6.45) is 9.03. The monoisotopic (exact) mass is 357 g/mol. The van der Waals surface area contributed by atoms with Crippen LogP contribution >= 0.6 is 0 Å². The molecular weight excluding hydrogens is 324 g/mol. The van der Waals surface area contributed by atoms with Gasteiger partial charge in [-0.25, -0.2) is 5.43 Å². The van der Waals surface area contributed by atoms with E-state index in [0.717, 1.165) is 45.6 Å². The lowest BCUT2D eigenvalue weighted by Crippen LogP contribution is -3.15. The van der Waals surface area contributed by atoms with Crippen LogP contribution in [0.3, 0.4) is 0 Å². The molecule has 26 heavy (non-hydrogen) atoms. The molecule has 1 aliphatic heterocycles. The highest BCUT2D eigenvalue weighted by Crippen LogP contribution is 2.14. The normalized spacial score (nSPS) is 19.5. The number of amides is 1. The summed E-state index contributed by atoms with van der Waals surface area (Å²) in [5, 5.41) is 4.40. The third-order valence-corrected chi connectivity index (χ3v) is 5.57. The van der Waals surface area contributed by atoms with Crippen molar-refractivity contribution in [1.29, 1.82) is 0 Å². The van der Waals surface area contributed by atoms with E-state index < -0.39 is 0 Å². The molecule has 0 radical (unpaired) electrons. The molecule has 1 amide bonds. The summed E-state index contributed by atoms with van der Waals surface area (Å²) in [5.74, 6) is 0.0672. The number of nitrogens with zero attached hydrogens (tertiary/aromatic N) is 2. The number of carbonyl (C=O) groups excluding carboxylic acids is 1. The van der Waals surface area contributed by atoms with Crippen LogP contribution in [0.15, 0.2) is 35.4 Å². The molecule has 1 heterocycles. The lowest BCUT2D eigenvalue weighted by Gasteiger charge is -2.33. The van der Waals surface area contributed by atoms with Crippen LogP contribution in [0.4, 0.5) is 5.69 Å². The van der Waals surface area contributed by atoms with Crippen LogP contribution in [-0.4, -0.2) is 44.3 Å². The molecule has 1 aliphatic carbocycles. The number of piperazine rings is 1. The lowest BCUT2D eigenvalue weighted by atomic mass is 9.99. The van der Waals surface area contributed by atoms with E-state index in [1.165, 1.54) is 48.4 Å². The first-order valence-corrected chi connectivity index (χ1v) is 10.3. The first kappa shape index (κ1) is 18.9. The van der Waals surface area contributed by atoms with Gasteiger partial charge in [-0.15, -0.1) is 0 Å². The number of rotatable bonds is 5. The highest BCUT2D eigenvalue weighted by molar-refractivity contribution is 5.86. The van der Waals surface area contributed by atoms with Crippen molar-refractivity contribution in [3.63, 3.8) is 0 Å². The minimum absolute atomic E-state index is 0.0672. The fraction of sp³-hybridized carbons (Fsp3) is 0.619. The maximum Gasteiger partial charge on any atom is 0.245 e. The number of para-hydroxylation sites is 1. The van der Waals surface area contributed by atoms with Gasteiger partial charge in [0.05, 0.1) is 39.1 Å². The number of hydrogen-bond acceptors (Lipinski definition) is 3. The summed E-state index contributed by atoms with van der Waals surface area (Å²) in [4.78, 5) is 16.1. The zero-order valence-corrected chi connectivity index (χ0v) is 15.9. The van der Waals surface area contributed by atoms with Crippen LogP contribution < -0.4 is 15.2 Å². The Morgan fingerprint density at radius 3 is 2.35 bits per heavy atom. The second-order valence-corrected chi connectivity index (χ2v) is 7.55. The molecule has 0 atom stereocenters. The van der Waals surface area contributed by atoms with E-state index in [1.807, 2.05) is 0 Å². The van der Waals surface area contributed by atoms with Crippen molar-refractivity contribution in [1.82, 2.24) is 5.43 Å². The van der Waals surface area contributed by atoms with Crippen molar-refractivity contribution in [3.05, 3.63) is 30.3 Å². The fourth-order valence-corrected chi connectivity index (χ4v) is 3.88. The Kier molecular flexibility index (Phi) is 7.50. The number of carbonyl (C=O) groups is 1. The Hall–Kier alpha value is -1.88. The second-order valence-electron chi connectivity index (χ2n) is 7.55. The van der Waals surface area contributed by atoms with Crippen LogP contribution in [0.5, 0.6) is 0 Å². The molecule has 2 N–H and O–H groups in total. The van der Waals surface area contributed by atoms with E-state index in [0.29, 0.717) is 6.42 Å². The second kappa shape index (κ2) is 10.3. The Bertz CT molecular complexity index is 569. The molecule has 5 heteroatoms. The van der Waals surface area contributed by atoms with Crippen LogP contribution in [-0.2, 0) is 4.79 Å². The van der Waals surface area contributed by atoms with Gasteiger partial charge in [0.25, 0.3) is 0 Å². The van der Waals surface area contributed by atoms with Crippen molar-refractivity contribution in [3.8, 4) is 0 Å². The molecule has 0 bridgehead atoms. The van der Waals surface area contributed by atoms with Gasteiger partial charge in [-0.1, -0.05) is 37.5 Å². The average Bonchev–Trinajstić information content (AvgIpc) is 2.66. The van der Waals surface area contributed by atoms with Crippen molar-refractivity contribution < 1.29 is 9.69 Å². The maximum atomic E-state index is 12.1. The topological polar surface area (TPSA) is 49.1 Å². The largest absolute Gasteiger partial charge is 0.360 e. The van der Waals surface area contributed by atoms with Gasteiger partial charge in [0.1, 0.15) is 0 Å². The molecule has 0 unspecified atom stereocenters. The number of quaternary nitrogens is 1. The van der Waals surface area contributed by atoms with Crippen molar-refractivity contribution in [2.45, 2.75) is 51.4 Å². The highest BCUT2D eigenvalue weighted by Gasteiger charge is 2.20. The van der Waals surface area contributed by atoms with E-state index in [9.17, 15) is 4.79 Å². The molecular formula is C21H33N4O+. The van der Waals surface area contributed by atoms with Crippen LogP contribution in [0.1, 0.15) is 51.4 Å². The third-order valence-electron chi connectivity index (χ3n) is 5.57. The predicted molar refractivity (Wildman–Crippen MR) is 107 cm³/mol. The Morgan fingerprint density at radius 2 is 1.65 bits per heavy atom. The quantitative estimate of drug-likeness (QED) is 0.792. The van der Waals surface area contributed by atoms with E-state index in [4.69, 9.17) is 0 Å². The van der Waals surface area contributed by atoms with Crippen LogP contribution in [0.25, 0.3) is 0 Å². The third kappa shape index (κ3) is 6.13. The zero-order chi connectivity index (χ0) is 18.0. The van der Waals surface area contributed by atoms with Gasteiger partial charge in [0.2, 0.25) is 5.91 Å². The number of anilines is 1. The molecule has 142 valence electrons. The molecule has 1 aromatic carbocycles. The lowest BCUT2D eigenvalue weighted by molar-refractivity contribution is -0.900. The summed E-state index contributed by atoms with van der Waals surface area (Å²) in [6, 6.07) is 10.6. The Labute approximate surface area is 157 Å². The molecule has 2 fully saturated rings. The molecule has 2 aliphatic rings. The number of nitrogens with one attached hydrogen (secondary N) is 2. The van der Waals surface area contributed by atoms with E-state index >= 15 is 0 Å². The van der Waals surface area contributed by atoms with E-state index in [2.05, 4.69) is 45.8 Å². The molecule has 0 spiro atoms. The SMILES string of the molecule is O=C(CC[NH+]1CCN(c2ccccc2)CC1)NN=C1CCCCCCC1. The number of benzene rings is 1. The van der Waals surface area contributed by atoms with Crippen LogP contribution in [0.2, 0.25) is 0 Å². The van der Waals surface area contributed by atoms with Gasteiger partial charge in [-0.3, -0.25) is 4.79 Å². The van der Waals surface area contributed by atoms with Gasteiger partial charge in [-0.2, -0.15) is 5.10 Å². The highest BCUT2D eigenvalue weighted by atomic mass is 16.2. The first-order valence-electron chi connectivity index (χ1n) is 10.3. The van der Waals surface area contributed by atoms with Crippen molar-refractivity contribution in [2.75, 3.05) is 37.6 Å². The van der Waals surface area contributed by atoms with E-state index in [1.54, 1.807) is 0 Å². The minimum Gasteiger partial charge on any atom is -0.360 e. The van der Waals surface area contributed by atoms with E-state index in [-0.39, 0.29) is 5.91 Å².